The second-order valence-electron chi connectivity index (χ2n) is 5.16. The van der Waals surface area contributed by atoms with E-state index in [1.807, 2.05) is 0 Å². The van der Waals surface area contributed by atoms with Gasteiger partial charge in [-0.1, -0.05) is 18.2 Å². The van der Waals surface area contributed by atoms with Crippen molar-refractivity contribution in [3.8, 4) is 0 Å². The SMILES string of the molecule is CCn1nc(CC2(CN)CC2)c2ccccc21. The Hall–Kier alpha value is -1.35. The van der Waals surface area contributed by atoms with E-state index in [4.69, 9.17) is 10.8 Å². The summed E-state index contributed by atoms with van der Waals surface area (Å²) in [6.07, 6.45) is 3.56. The molecule has 1 heterocycles. The van der Waals surface area contributed by atoms with E-state index in [1.54, 1.807) is 0 Å². The number of nitrogens with two attached hydrogens (primary N) is 1. The summed E-state index contributed by atoms with van der Waals surface area (Å²) in [5.41, 5.74) is 8.70. The number of hydrogen-bond acceptors (Lipinski definition) is 2. The van der Waals surface area contributed by atoms with Gasteiger partial charge in [-0.3, -0.25) is 4.68 Å². The van der Waals surface area contributed by atoms with E-state index in [-0.39, 0.29) is 0 Å². The van der Waals surface area contributed by atoms with Crippen LogP contribution in [-0.4, -0.2) is 16.3 Å². The van der Waals surface area contributed by atoms with Gasteiger partial charge in [0.2, 0.25) is 0 Å². The number of aromatic nitrogens is 2. The molecule has 90 valence electrons. The van der Waals surface area contributed by atoms with Gasteiger partial charge < -0.3 is 5.73 Å². The van der Waals surface area contributed by atoms with Crippen LogP contribution in [0.25, 0.3) is 10.9 Å². The molecule has 1 aliphatic carbocycles. The summed E-state index contributed by atoms with van der Waals surface area (Å²) in [4.78, 5) is 0. The minimum Gasteiger partial charge on any atom is -0.330 e. The second kappa shape index (κ2) is 3.84. The highest BCUT2D eigenvalue weighted by molar-refractivity contribution is 5.82. The summed E-state index contributed by atoms with van der Waals surface area (Å²) in [6, 6.07) is 8.50. The number of nitrogens with zero attached hydrogens (tertiary/aromatic N) is 2. The normalized spacial score (nSPS) is 17.5. The molecule has 2 N–H and O–H groups in total. The third-order valence-corrected chi connectivity index (χ3v) is 3.97. The maximum atomic E-state index is 5.87. The van der Waals surface area contributed by atoms with Crippen molar-refractivity contribution < 1.29 is 0 Å². The average Bonchev–Trinajstić information content (AvgIpc) is 3.06. The first kappa shape index (κ1) is 10.8. The van der Waals surface area contributed by atoms with Gasteiger partial charge in [-0.15, -0.1) is 0 Å². The molecule has 0 unspecified atom stereocenters. The third kappa shape index (κ3) is 1.75. The lowest BCUT2D eigenvalue weighted by Gasteiger charge is -2.09. The topological polar surface area (TPSA) is 43.8 Å². The lowest BCUT2D eigenvalue weighted by Crippen LogP contribution is -2.18. The van der Waals surface area contributed by atoms with Crippen molar-refractivity contribution in [3.63, 3.8) is 0 Å². The molecule has 1 fully saturated rings. The monoisotopic (exact) mass is 229 g/mol. The van der Waals surface area contributed by atoms with Gasteiger partial charge in [0.05, 0.1) is 11.2 Å². The summed E-state index contributed by atoms with van der Waals surface area (Å²) in [6.45, 7) is 3.86. The van der Waals surface area contributed by atoms with E-state index < -0.39 is 0 Å². The minimum atomic E-state index is 0.357. The standard InChI is InChI=1S/C14H19N3/c1-2-17-13-6-4-3-5-11(13)12(16-17)9-14(10-15)7-8-14/h3-6H,2,7-10,15H2,1H3. The zero-order chi connectivity index (χ0) is 11.9. The van der Waals surface area contributed by atoms with Crippen LogP contribution in [0.15, 0.2) is 24.3 Å². The number of para-hydroxylation sites is 1. The van der Waals surface area contributed by atoms with Crippen molar-refractivity contribution in [3.05, 3.63) is 30.0 Å². The van der Waals surface area contributed by atoms with Gasteiger partial charge in [0.25, 0.3) is 0 Å². The van der Waals surface area contributed by atoms with Gasteiger partial charge in [-0.2, -0.15) is 5.10 Å². The van der Waals surface area contributed by atoms with Crippen molar-refractivity contribution >= 4 is 10.9 Å². The summed E-state index contributed by atoms with van der Waals surface area (Å²) in [5, 5.41) is 6.04. The fraction of sp³-hybridized carbons (Fsp3) is 0.500. The Balaban J connectivity index is 2.04. The molecule has 17 heavy (non-hydrogen) atoms. The minimum absolute atomic E-state index is 0.357. The molecule has 0 atom stereocenters. The molecular weight excluding hydrogens is 210 g/mol. The molecule has 0 aliphatic heterocycles. The van der Waals surface area contributed by atoms with E-state index in [9.17, 15) is 0 Å². The highest BCUT2D eigenvalue weighted by Gasteiger charge is 2.42. The van der Waals surface area contributed by atoms with E-state index in [0.29, 0.717) is 5.41 Å². The molecular formula is C14H19N3. The van der Waals surface area contributed by atoms with Crippen LogP contribution < -0.4 is 5.73 Å². The van der Waals surface area contributed by atoms with Crippen LogP contribution in [0, 0.1) is 5.41 Å². The molecule has 1 aliphatic rings. The van der Waals surface area contributed by atoms with Crippen LogP contribution in [0.3, 0.4) is 0 Å². The Morgan fingerprint density at radius 1 is 1.35 bits per heavy atom. The second-order valence-corrected chi connectivity index (χ2v) is 5.16. The molecule has 1 aromatic carbocycles. The summed E-state index contributed by atoms with van der Waals surface area (Å²) >= 11 is 0. The first-order valence-electron chi connectivity index (χ1n) is 6.42. The fourth-order valence-electron chi connectivity index (χ4n) is 2.55. The molecule has 1 saturated carbocycles. The van der Waals surface area contributed by atoms with E-state index in [1.165, 1.54) is 29.4 Å². The first-order chi connectivity index (χ1) is 8.28. The zero-order valence-corrected chi connectivity index (χ0v) is 10.3. The van der Waals surface area contributed by atoms with Crippen LogP contribution in [0.5, 0.6) is 0 Å². The molecule has 0 spiro atoms. The predicted molar refractivity (Wildman–Crippen MR) is 69.8 cm³/mol. The van der Waals surface area contributed by atoms with E-state index in [0.717, 1.165) is 19.5 Å². The van der Waals surface area contributed by atoms with Gasteiger partial charge in [0.1, 0.15) is 0 Å². The molecule has 0 radical (unpaired) electrons. The lowest BCUT2D eigenvalue weighted by atomic mass is 9.99. The first-order valence-corrected chi connectivity index (χ1v) is 6.42. The zero-order valence-electron chi connectivity index (χ0n) is 10.3. The van der Waals surface area contributed by atoms with Crippen LogP contribution in [-0.2, 0) is 13.0 Å². The molecule has 0 bridgehead atoms. The fourth-order valence-corrected chi connectivity index (χ4v) is 2.55. The van der Waals surface area contributed by atoms with Crippen molar-refractivity contribution in [2.24, 2.45) is 11.1 Å². The lowest BCUT2D eigenvalue weighted by molar-refractivity contribution is 0.508. The largest absolute Gasteiger partial charge is 0.330 e. The van der Waals surface area contributed by atoms with Gasteiger partial charge in [0, 0.05) is 11.9 Å². The maximum Gasteiger partial charge on any atom is 0.0709 e. The Kier molecular flexibility index (Phi) is 2.44. The molecule has 3 rings (SSSR count). The molecule has 0 amide bonds. The van der Waals surface area contributed by atoms with E-state index in [2.05, 4.69) is 35.9 Å². The van der Waals surface area contributed by atoms with Crippen LogP contribution in [0.4, 0.5) is 0 Å². The number of rotatable bonds is 4. The van der Waals surface area contributed by atoms with Crippen LogP contribution in [0.2, 0.25) is 0 Å². The Labute approximate surface area is 102 Å². The maximum absolute atomic E-state index is 5.87. The average molecular weight is 229 g/mol. The van der Waals surface area contributed by atoms with Gasteiger partial charge in [0.15, 0.2) is 0 Å². The van der Waals surface area contributed by atoms with Crippen molar-refractivity contribution in [1.82, 2.24) is 9.78 Å². The molecule has 3 heteroatoms. The third-order valence-electron chi connectivity index (χ3n) is 3.97. The smallest absolute Gasteiger partial charge is 0.0709 e. The molecule has 0 saturated heterocycles. The number of aryl methyl sites for hydroxylation is 1. The van der Waals surface area contributed by atoms with E-state index >= 15 is 0 Å². The van der Waals surface area contributed by atoms with Gasteiger partial charge >= 0.3 is 0 Å². The number of hydrogen-bond donors (Lipinski definition) is 1. The number of fused-ring (bicyclic) bond motifs is 1. The van der Waals surface area contributed by atoms with Gasteiger partial charge in [-0.25, -0.2) is 0 Å². The molecule has 3 nitrogen and oxygen atoms in total. The molecule has 2 aromatic rings. The summed E-state index contributed by atoms with van der Waals surface area (Å²) < 4.78 is 2.09. The van der Waals surface area contributed by atoms with Crippen LogP contribution in [0.1, 0.15) is 25.5 Å². The Morgan fingerprint density at radius 2 is 2.12 bits per heavy atom. The Bertz CT molecular complexity index is 537. The highest BCUT2D eigenvalue weighted by Crippen LogP contribution is 2.47. The Morgan fingerprint density at radius 3 is 2.76 bits per heavy atom. The van der Waals surface area contributed by atoms with Crippen molar-refractivity contribution in [2.75, 3.05) is 6.54 Å². The van der Waals surface area contributed by atoms with Crippen molar-refractivity contribution in [1.29, 1.82) is 0 Å². The molecule has 1 aromatic heterocycles. The van der Waals surface area contributed by atoms with Crippen molar-refractivity contribution in [2.45, 2.75) is 32.7 Å². The number of benzene rings is 1. The summed E-state index contributed by atoms with van der Waals surface area (Å²) in [5.74, 6) is 0. The van der Waals surface area contributed by atoms with Crippen LogP contribution >= 0.6 is 0 Å². The predicted octanol–water partition coefficient (Wildman–Crippen LogP) is 2.34. The quantitative estimate of drug-likeness (QED) is 0.874. The highest BCUT2D eigenvalue weighted by atomic mass is 15.3. The summed E-state index contributed by atoms with van der Waals surface area (Å²) in [7, 11) is 0. The van der Waals surface area contributed by atoms with Gasteiger partial charge in [-0.05, 0) is 44.2 Å².